The Morgan fingerprint density at radius 3 is 2.60 bits per heavy atom. The highest BCUT2D eigenvalue weighted by atomic mass is 16.3. The van der Waals surface area contributed by atoms with E-state index in [1.54, 1.807) is 24.5 Å². The minimum atomic E-state index is -0.553. The lowest BCUT2D eigenvalue weighted by Gasteiger charge is -2.05. The molecule has 3 N–H and O–H groups in total. The molecule has 0 aromatic carbocycles. The summed E-state index contributed by atoms with van der Waals surface area (Å²) in [5, 5.41) is 9.18. The lowest BCUT2D eigenvalue weighted by molar-refractivity contribution is 0.186. The average molecular weight is 138 g/mol. The molecule has 0 radical (unpaired) electrons. The third-order valence-electron chi connectivity index (χ3n) is 1.31. The van der Waals surface area contributed by atoms with Crippen LogP contribution >= 0.6 is 0 Å². The van der Waals surface area contributed by atoms with E-state index in [1.807, 2.05) is 0 Å². The number of aliphatic hydroxyl groups excluding tert-OH is 1. The Hall–Kier alpha value is -0.930. The van der Waals surface area contributed by atoms with E-state index in [1.165, 1.54) is 0 Å². The summed E-state index contributed by atoms with van der Waals surface area (Å²) < 4.78 is 0. The minimum Gasteiger partial charge on any atom is -0.387 e. The summed E-state index contributed by atoms with van der Waals surface area (Å²) in [7, 11) is 0. The highest BCUT2D eigenvalue weighted by Gasteiger charge is 2.01. The van der Waals surface area contributed by atoms with E-state index in [2.05, 4.69) is 4.98 Å². The van der Waals surface area contributed by atoms with Gasteiger partial charge in [-0.15, -0.1) is 0 Å². The van der Waals surface area contributed by atoms with Crippen LogP contribution in [0.3, 0.4) is 0 Å². The summed E-state index contributed by atoms with van der Waals surface area (Å²) in [6, 6.07) is 3.50. The minimum absolute atomic E-state index is 0.254. The number of rotatable bonds is 2. The molecule has 0 spiro atoms. The number of nitrogens with zero attached hydrogens (tertiary/aromatic N) is 1. The molecule has 0 aliphatic rings. The molecule has 1 rings (SSSR count). The first kappa shape index (κ1) is 7.18. The summed E-state index contributed by atoms with van der Waals surface area (Å²) in [4.78, 5) is 3.81. The van der Waals surface area contributed by atoms with Crippen molar-refractivity contribution in [3.8, 4) is 0 Å². The first-order valence-electron chi connectivity index (χ1n) is 3.12. The number of aliphatic hydroxyl groups is 1. The third-order valence-corrected chi connectivity index (χ3v) is 1.31. The zero-order valence-corrected chi connectivity index (χ0v) is 5.57. The van der Waals surface area contributed by atoms with Gasteiger partial charge in [0.25, 0.3) is 0 Å². The van der Waals surface area contributed by atoms with Crippen LogP contribution in [0.5, 0.6) is 0 Å². The van der Waals surface area contributed by atoms with Crippen molar-refractivity contribution >= 4 is 0 Å². The van der Waals surface area contributed by atoms with E-state index in [9.17, 15) is 5.11 Å². The fraction of sp³-hybridized carbons (Fsp3) is 0.286. The summed E-state index contributed by atoms with van der Waals surface area (Å²) in [5.41, 5.74) is 6.05. The van der Waals surface area contributed by atoms with Gasteiger partial charge in [0.15, 0.2) is 0 Å². The van der Waals surface area contributed by atoms with Gasteiger partial charge in [0, 0.05) is 18.9 Å². The molecular weight excluding hydrogens is 128 g/mol. The normalized spacial score (nSPS) is 13.0. The van der Waals surface area contributed by atoms with Crippen molar-refractivity contribution in [2.75, 3.05) is 6.54 Å². The molecule has 1 atom stereocenters. The van der Waals surface area contributed by atoms with Crippen LogP contribution in [0.1, 0.15) is 11.7 Å². The van der Waals surface area contributed by atoms with Crippen LogP contribution in [0.25, 0.3) is 0 Å². The van der Waals surface area contributed by atoms with Gasteiger partial charge in [-0.2, -0.15) is 0 Å². The molecule has 0 aliphatic carbocycles. The van der Waals surface area contributed by atoms with E-state index in [4.69, 9.17) is 5.73 Å². The largest absolute Gasteiger partial charge is 0.387 e. The van der Waals surface area contributed by atoms with Gasteiger partial charge in [-0.3, -0.25) is 4.98 Å². The average Bonchev–Trinajstić information content (AvgIpc) is 2.05. The third kappa shape index (κ3) is 1.52. The van der Waals surface area contributed by atoms with Gasteiger partial charge in [-0.05, 0) is 17.7 Å². The fourth-order valence-electron chi connectivity index (χ4n) is 0.722. The highest BCUT2D eigenvalue weighted by Crippen LogP contribution is 2.07. The molecule has 10 heavy (non-hydrogen) atoms. The topological polar surface area (TPSA) is 59.1 Å². The summed E-state index contributed by atoms with van der Waals surface area (Å²) in [5.74, 6) is 0. The molecule has 1 heterocycles. The Morgan fingerprint density at radius 2 is 2.10 bits per heavy atom. The number of hydrogen-bond donors (Lipinski definition) is 2. The zero-order chi connectivity index (χ0) is 7.40. The number of pyridine rings is 1. The molecule has 0 saturated carbocycles. The Labute approximate surface area is 59.5 Å². The van der Waals surface area contributed by atoms with Crippen molar-refractivity contribution in [1.29, 1.82) is 0 Å². The molecular formula is C7H10N2O. The van der Waals surface area contributed by atoms with Gasteiger partial charge in [0.1, 0.15) is 0 Å². The molecule has 0 saturated heterocycles. The Balaban J connectivity index is 2.75. The fourth-order valence-corrected chi connectivity index (χ4v) is 0.722. The van der Waals surface area contributed by atoms with E-state index >= 15 is 0 Å². The van der Waals surface area contributed by atoms with Crippen molar-refractivity contribution < 1.29 is 5.11 Å². The molecule has 3 nitrogen and oxygen atoms in total. The van der Waals surface area contributed by atoms with Crippen LogP contribution in [0.4, 0.5) is 0 Å². The molecule has 3 heteroatoms. The molecule has 0 amide bonds. The predicted molar refractivity (Wildman–Crippen MR) is 38.3 cm³/mol. The van der Waals surface area contributed by atoms with Gasteiger partial charge in [-0.1, -0.05) is 0 Å². The van der Waals surface area contributed by atoms with Gasteiger partial charge >= 0.3 is 0 Å². The van der Waals surface area contributed by atoms with Crippen molar-refractivity contribution in [2.24, 2.45) is 5.73 Å². The maximum absolute atomic E-state index is 9.18. The molecule has 0 fully saturated rings. The predicted octanol–water partition coefficient (Wildman–Crippen LogP) is 0.0737. The highest BCUT2D eigenvalue weighted by molar-refractivity contribution is 5.12. The molecule has 0 unspecified atom stereocenters. The van der Waals surface area contributed by atoms with E-state index in [0.717, 1.165) is 5.56 Å². The second-order valence-electron chi connectivity index (χ2n) is 2.03. The first-order chi connectivity index (χ1) is 4.84. The molecule has 0 aliphatic heterocycles. The monoisotopic (exact) mass is 138 g/mol. The Morgan fingerprint density at radius 1 is 1.50 bits per heavy atom. The van der Waals surface area contributed by atoms with Crippen LogP contribution in [0.2, 0.25) is 0 Å². The lowest BCUT2D eigenvalue weighted by Crippen LogP contribution is -2.11. The molecule has 1 aromatic heterocycles. The molecule has 54 valence electrons. The molecule has 0 bridgehead atoms. The zero-order valence-electron chi connectivity index (χ0n) is 5.57. The lowest BCUT2D eigenvalue weighted by atomic mass is 10.1. The van der Waals surface area contributed by atoms with Crippen LogP contribution in [-0.4, -0.2) is 16.6 Å². The molecule has 1 aromatic rings. The van der Waals surface area contributed by atoms with Gasteiger partial charge in [0.05, 0.1) is 6.10 Å². The van der Waals surface area contributed by atoms with Gasteiger partial charge < -0.3 is 10.8 Å². The summed E-state index contributed by atoms with van der Waals surface area (Å²) in [6.45, 7) is 0.254. The van der Waals surface area contributed by atoms with Crippen LogP contribution in [0, 0.1) is 0 Å². The van der Waals surface area contributed by atoms with E-state index < -0.39 is 6.10 Å². The van der Waals surface area contributed by atoms with Crippen LogP contribution in [0.15, 0.2) is 24.5 Å². The van der Waals surface area contributed by atoms with Crippen LogP contribution in [-0.2, 0) is 0 Å². The Bertz CT molecular complexity index is 188. The van der Waals surface area contributed by atoms with Crippen LogP contribution < -0.4 is 5.73 Å². The van der Waals surface area contributed by atoms with Crippen molar-refractivity contribution in [3.63, 3.8) is 0 Å². The summed E-state index contributed by atoms with van der Waals surface area (Å²) in [6.07, 6.45) is 2.71. The number of nitrogens with two attached hydrogens (primary N) is 1. The maximum atomic E-state index is 9.18. The van der Waals surface area contributed by atoms with Crippen molar-refractivity contribution in [2.45, 2.75) is 6.10 Å². The smallest absolute Gasteiger partial charge is 0.0913 e. The standard InChI is InChI=1S/C7H10N2O/c8-5-7(10)6-1-3-9-4-2-6/h1-4,7,10H,5,8H2/t7-/m0/s1. The quantitative estimate of drug-likeness (QED) is 0.608. The van der Waals surface area contributed by atoms with Crippen molar-refractivity contribution in [1.82, 2.24) is 4.98 Å². The number of aromatic nitrogens is 1. The van der Waals surface area contributed by atoms with E-state index in [-0.39, 0.29) is 6.54 Å². The Kier molecular flexibility index (Phi) is 2.36. The van der Waals surface area contributed by atoms with Gasteiger partial charge in [-0.25, -0.2) is 0 Å². The van der Waals surface area contributed by atoms with E-state index in [0.29, 0.717) is 0 Å². The SMILES string of the molecule is NC[C@H](O)c1ccncc1. The second kappa shape index (κ2) is 3.29. The number of hydrogen-bond acceptors (Lipinski definition) is 3. The maximum Gasteiger partial charge on any atom is 0.0913 e. The van der Waals surface area contributed by atoms with Gasteiger partial charge in [0.2, 0.25) is 0 Å². The second-order valence-corrected chi connectivity index (χ2v) is 2.03. The first-order valence-corrected chi connectivity index (χ1v) is 3.12. The summed E-state index contributed by atoms with van der Waals surface area (Å²) >= 11 is 0. The van der Waals surface area contributed by atoms with Crippen molar-refractivity contribution in [3.05, 3.63) is 30.1 Å².